The molecule has 3 amide bonds. The van der Waals surface area contributed by atoms with E-state index >= 15 is 0 Å². The van der Waals surface area contributed by atoms with E-state index < -0.39 is 17.9 Å². The van der Waals surface area contributed by atoms with E-state index in [1.54, 1.807) is 4.90 Å². The Bertz CT molecular complexity index is 634. The predicted molar refractivity (Wildman–Crippen MR) is 86.1 cm³/mol. The van der Waals surface area contributed by atoms with E-state index in [1.165, 1.54) is 4.90 Å². The van der Waals surface area contributed by atoms with Gasteiger partial charge in [-0.05, 0) is 18.4 Å². The van der Waals surface area contributed by atoms with Gasteiger partial charge >= 0.3 is 12.0 Å². The smallest absolute Gasteiger partial charge is 0.318 e. The molecule has 2 fully saturated rings. The summed E-state index contributed by atoms with van der Waals surface area (Å²) in [7, 11) is 0. The molecule has 3 rings (SSSR count). The van der Waals surface area contributed by atoms with Crippen molar-refractivity contribution in [3.63, 3.8) is 0 Å². The standard InChI is InChI=1S/C17H21N3O4/c21-15-14(7-9-19(15)10-12-4-2-1-3-5-12)18-17(24)20-8-6-13(11-20)16(22)23/h1-5,13-14H,6-11H2,(H,18,24)(H,22,23). The van der Waals surface area contributed by atoms with E-state index in [0.717, 1.165) is 5.56 Å². The molecule has 2 atom stereocenters. The third kappa shape index (κ3) is 3.50. The van der Waals surface area contributed by atoms with Gasteiger partial charge in [0.05, 0.1) is 5.92 Å². The number of carboxylic acids is 1. The maximum absolute atomic E-state index is 12.4. The summed E-state index contributed by atoms with van der Waals surface area (Å²) in [5.74, 6) is -1.47. The highest BCUT2D eigenvalue weighted by Gasteiger charge is 2.36. The summed E-state index contributed by atoms with van der Waals surface area (Å²) in [4.78, 5) is 38.8. The number of rotatable bonds is 4. The molecule has 7 heteroatoms. The molecule has 7 nitrogen and oxygen atoms in total. The van der Waals surface area contributed by atoms with E-state index in [9.17, 15) is 14.4 Å². The van der Waals surface area contributed by atoms with Crippen LogP contribution < -0.4 is 5.32 Å². The van der Waals surface area contributed by atoms with Gasteiger partial charge < -0.3 is 20.2 Å². The van der Waals surface area contributed by atoms with Crippen LogP contribution in [-0.4, -0.2) is 58.5 Å². The molecule has 1 aromatic rings. The molecule has 0 aliphatic carbocycles. The lowest BCUT2D eigenvalue weighted by Crippen LogP contribution is -2.47. The van der Waals surface area contributed by atoms with Crippen molar-refractivity contribution in [1.82, 2.24) is 15.1 Å². The average molecular weight is 331 g/mol. The fourth-order valence-electron chi connectivity index (χ4n) is 3.22. The first-order chi connectivity index (χ1) is 11.5. The number of amides is 3. The average Bonchev–Trinajstić information content (AvgIpc) is 3.19. The summed E-state index contributed by atoms with van der Waals surface area (Å²) >= 11 is 0. The van der Waals surface area contributed by atoms with Gasteiger partial charge in [-0.2, -0.15) is 0 Å². The highest BCUT2D eigenvalue weighted by Crippen LogP contribution is 2.18. The molecule has 0 bridgehead atoms. The zero-order valence-electron chi connectivity index (χ0n) is 13.4. The number of carboxylic acid groups (broad SMARTS) is 1. The van der Waals surface area contributed by atoms with Crippen molar-refractivity contribution in [2.45, 2.75) is 25.4 Å². The lowest BCUT2D eigenvalue weighted by molar-refractivity contribution is -0.141. The third-order valence-electron chi connectivity index (χ3n) is 4.64. The van der Waals surface area contributed by atoms with Crippen LogP contribution in [0.4, 0.5) is 4.79 Å². The Labute approximate surface area is 140 Å². The van der Waals surface area contributed by atoms with Crippen molar-refractivity contribution in [2.75, 3.05) is 19.6 Å². The molecule has 0 saturated carbocycles. The Balaban J connectivity index is 1.52. The number of urea groups is 1. The van der Waals surface area contributed by atoms with Crippen molar-refractivity contribution in [3.05, 3.63) is 35.9 Å². The van der Waals surface area contributed by atoms with Crippen LogP contribution in [0.1, 0.15) is 18.4 Å². The molecule has 24 heavy (non-hydrogen) atoms. The zero-order valence-corrected chi connectivity index (χ0v) is 13.4. The lowest BCUT2D eigenvalue weighted by atomic mass is 10.1. The molecule has 2 heterocycles. The van der Waals surface area contributed by atoms with E-state index in [-0.39, 0.29) is 18.5 Å². The first-order valence-electron chi connectivity index (χ1n) is 8.15. The van der Waals surface area contributed by atoms with E-state index in [4.69, 9.17) is 5.11 Å². The maximum Gasteiger partial charge on any atom is 0.318 e. The number of benzene rings is 1. The van der Waals surface area contributed by atoms with Gasteiger partial charge in [0.15, 0.2) is 0 Å². The number of nitrogens with zero attached hydrogens (tertiary/aromatic N) is 2. The summed E-state index contributed by atoms with van der Waals surface area (Å²) in [6, 6.07) is 8.86. The third-order valence-corrected chi connectivity index (χ3v) is 4.64. The highest BCUT2D eigenvalue weighted by molar-refractivity contribution is 5.89. The monoisotopic (exact) mass is 331 g/mol. The normalized spacial score (nSPS) is 23.6. The number of likely N-dealkylation sites (tertiary alicyclic amines) is 2. The molecule has 2 saturated heterocycles. The quantitative estimate of drug-likeness (QED) is 0.858. The molecule has 1 aromatic carbocycles. The predicted octanol–water partition coefficient (Wildman–Crippen LogP) is 0.904. The molecule has 2 unspecified atom stereocenters. The van der Waals surface area contributed by atoms with Crippen LogP contribution in [0.2, 0.25) is 0 Å². The second-order valence-corrected chi connectivity index (χ2v) is 6.31. The fourth-order valence-corrected chi connectivity index (χ4v) is 3.22. The lowest BCUT2D eigenvalue weighted by Gasteiger charge is -2.20. The maximum atomic E-state index is 12.4. The number of aliphatic carboxylic acids is 1. The Hall–Kier alpha value is -2.57. The van der Waals surface area contributed by atoms with Crippen molar-refractivity contribution in [2.24, 2.45) is 5.92 Å². The van der Waals surface area contributed by atoms with Crippen LogP contribution in [0.25, 0.3) is 0 Å². The summed E-state index contributed by atoms with van der Waals surface area (Å²) in [6.07, 6.45) is 1.04. The van der Waals surface area contributed by atoms with Crippen molar-refractivity contribution >= 4 is 17.9 Å². The second kappa shape index (κ2) is 6.90. The SMILES string of the molecule is O=C(O)C1CCN(C(=O)NC2CCN(Cc3ccccc3)C2=O)C1. The molecule has 2 N–H and O–H groups in total. The summed E-state index contributed by atoms with van der Waals surface area (Å²) < 4.78 is 0. The molecular formula is C17H21N3O4. The summed E-state index contributed by atoms with van der Waals surface area (Å²) in [5.41, 5.74) is 1.06. The van der Waals surface area contributed by atoms with Crippen LogP contribution in [0, 0.1) is 5.92 Å². The van der Waals surface area contributed by atoms with E-state index in [2.05, 4.69) is 5.32 Å². The first-order valence-corrected chi connectivity index (χ1v) is 8.15. The van der Waals surface area contributed by atoms with E-state index in [1.807, 2.05) is 30.3 Å². The molecule has 0 aromatic heterocycles. The van der Waals surface area contributed by atoms with Crippen LogP contribution >= 0.6 is 0 Å². The topological polar surface area (TPSA) is 89.9 Å². The van der Waals surface area contributed by atoms with Gasteiger partial charge in [0, 0.05) is 26.2 Å². The van der Waals surface area contributed by atoms with Crippen LogP contribution in [0.5, 0.6) is 0 Å². The van der Waals surface area contributed by atoms with Gasteiger partial charge in [-0.25, -0.2) is 4.79 Å². The molecule has 128 valence electrons. The van der Waals surface area contributed by atoms with Gasteiger partial charge in [0.2, 0.25) is 5.91 Å². The number of nitrogens with one attached hydrogen (secondary N) is 1. The van der Waals surface area contributed by atoms with Crippen molar-refractivity contribution in [1.29, 1.82) is 0 Å². The van der Waals surface area contributed by atoms with Crippen LogP contribution in [0.3, 0.4) is 0 Å². The van der Waals surface area contributed by atoms with Crippen molar-refractivity contribution in [3.8, 4) is 0 Å². The Morgan fingerprint density at radius 2 is 1.92 bits per heavy atom. The minimum absolute atomic E-state index is 0.0822. The summed E-state index contributed by atoms with van der Waals surface area (Å²) in [5, 5.41) is 11.7. The first kappa shape index (κ1) is 16.3. The van der Waals surface area contributed by atoms with Gasteiger partial charge in [0.25, 0.3) is 0 Å². The summed E-state index contributed by atoms with van der Waals surface area (Å²) in [6.45, 7) is 1.76. The van der Waals surface area contributed by atoms with Gasteiger partial charge in [-0.15, -0.1) is 0 Å². The van der Waals surface area contributed by atoms with Gasteiger partial charge in [-0.3, -0.25) is 9.59 Å². The van der Waals surface area contributed by atoms with Crippen LogP contribution in [0.15, 0.2) is 30.3 Å². The van der Waals surface area contributed by atoms with E-state index in [0.29, 0.717) is 32.5 Å². The minimum Gasteiger partial charge on any atom is -0.481 e. The molecule has 2 aliphatic heterocycles. The second-order valence-electron chi connectivity index (χ2n) is 6.31. The Morgan fingerprint density at radius 1 is 1.17 bits per heavy atom. The number of hydrogen-bond donors (Lipinski definition) is 2. The largest absolute Gasteiger partial charge is 0.481 e. The molecule has 0 spiro atoms. The molecular weight excluding hydrogens is 310 g/mol. The Kier molecular flexibility index (Phi) is 4.69. The molecule has 2 aliphatic rings. The zero-order chi connectivity index (χ0) is 17.1. The van der Waals surface area contributed by atoms with Crippen LogP contribution in [-0.2, 0) is 16.1 Å². The Morgan fingerprint density at radius 3 is 2.58 bits per heavy atom. The number of carbonyl (C=O) groups is 3. The fraction of sp³-hybridized carbons (Fsp3) is 0.471. The number of carbonyl (C=O) groups excluding carboxylic acids is 2. The number of hydrogen-bond acceptors (Lipinski definition) is 3. The molecule has 0 radical (unpaired) electrons. The van der Waals surface area contributed by atoms with Crippen molar-refractivity contribution < 1.29 is 19.5 Å². The van der Waals surface area contributed by atoms with Gasteiger partial charge in [-0.1, -0.05) is 30.3 Å². The van der Waals surface area contributed by atoms with Gasteiger partial charge in [0.1, 0.15) is 6.04 Å². The minimum atomic E-state index is -0.878. The highest BCUT2D eigenvalue weighted by atomic mass is 16.4.